The van der Waals surface area contributed by atoms with E-state index in [2.05, 4.69) is 43.8 Å². The highest BCUT2D eigenvalue weighted by Gasteiger charge is 2.29. The molecule has 0 unspecified atom stereocenters. The Morgan fingerprint density at radius 2 is 1.63 bits per heavy atom. The molecule has 0 radical (unpaired) electrons. The molecule has 1 nitrogen and oxygen atoms in total. The van der Waals surface area contributed by atoms with Gasteiger partial charge in [-0.05, 0) is 112 Å². The number of benzene rings is 1. The highest BCUT2D eigenvalue weighted by atomic mass is 14.3. The third-order valence-corrected chi connectivity index (χ3v) is 7.83. The molecule has 2 aliphatic rings. The minimum atomic E-state index is 0.755. The van der Waals surface area contributed by atoms with Gasteiger partial charge in [-0.1, -0.05) is 55.8 Å². The fourth-order valence-electron chi connectivity index (χ4n) is 5.76. The van der Waals surface area contributed by atoms with Gasteiger partial charge in [-0.3, -0.25) is 0 Å². The van der Waals surface area contributed by atoms with Crippen molar-refractivity contribution in [1.82, 2.24) is 0 Å². The zero-order valence-electron chi connectivity index (χ0n) is 19.1. The van der Waals surface area contributed by atoms with Gasteiger partial charge in [-0.2, -0.15) is 5.26 Å². The second kappa shape index (κ2) is 12.1. The Morgan fingerprint density at radius 3 is 2.23 bits per heavy atom. The number of rotatable bonds is 9. The van der Waals surface area contributed by atoms with Gasteiger partial charge in [0.2, 0.25) is 0 Å². The van der Waals surface area contributed by atoms with Crippen molar-refractivity contribution >= 4 is 0 Å². The molecule has 1 heteroatoms. The van der Waals surface area contributed by atoms with Crippen molar-refractivity contribution in [1.29, 1.82) is 5.26 Å². The lowest BCUT2D eigenvalue weighted by Crippen LogP contribution is -2.22. The van der Waals surface area contributed by atoms with Crippen LogP contribution in [0.2, 0.25) is 0 Å². The smallest absolute Gasteiger partial charge is 0.0908 e. The minimum Gasteiger partial charge on any atom is -0.193 e. The van der Waals surface area contributed by atoms with Crippen molar-refractivity contribution in [3.63, 3.8) is 0 Å². The standard InChI is InChI=1S/C29H41N/c1-3-4-8-24-12-16-28(17-13-24)29-20-18-27(19-21-29)23(2)26-14-10-25(11-15-26)9-6-5-7-22-30/h5,7,12-13,16-17,25-27,29H,2-4,6,8-11,14-15,18-21H2,1H3/b7-5+/t25-,26-,27-,29-. The zero-order chi connectivity index (χ0) is 21.2. The first-order chi connectivity index (χ1) is 14.7. The lowest BCUT2D eigenvalue weighted by Gasteiger charge is -2.36. The van der Waals surface area contributed by atoms with E-state index < -0.39 is 0 Å². The summed E-state index contributed by atoms with van der Waals surface area (Å²) in [5.41, 5.74) is 4.64. The van der Waals surface area contributed by atoms with E-state index in [1.807, 2.05) is 6.08 Å². The largest absolute Gasteiger partial charge is 0.193 e. The van der Waals surface area contributed by atoms with Crippen molar-refractivity contribution in [2.75, 3.05) is 0 Å². The summed E-state index contributed by atoms with van der Waals surface area (Å²) in [4.78, 5) is 0. The number of hydrogen-bond donors (Lipinski definition) is 0. The molecule has 0 bridgehead atoms. The number of unbranched alkanes of at least 4 members (excludes halogenated alkanes) is 1. The van der Waals surface area contributed by atoms with Crippen molar-refractivity contribution in [2.45, 2.75) is 96.3 Å². The maximum atomic E-state index is 8.60. The maximum Gasteiger partial charge on any atom is 0.0908 e. The summed E-state index contributed by atoms with van der Waals surface area (Å²) in [5.74, 6) is 3.13. The van der Waals surface area contributed by atoms with E-state index >= 15 is 0 Å². The van der Waals surface area contributed by atoms with Gasteiger partial charge < -0.3 is 0 Å². The van der Waals surface area contributed by atoms with Crippen LogP contribution >= 0.6 is 0 Å². The van der Waals surface area contributed by atoms with Crippen LogP contribution in [0.5, 0.6) is 0 Å². The summed E-state index contributed by atoms with van der Waals surface area (Å²) >= 11 is 0. The molecule has 0 aliphatic heterocycles. The molecule has 0 aromatic heterocycles. The van der Waals surface area contributed by atoms with Gasteiger partial charge in [-0.25, -0.2) is 0 Å². The summed E-state index contributed by atoms with van der Waals surface area (Å²) in [6.07, 6.45) is 20.5. The van der Waals surface area contributed by atoms with Crippen LogP contribution in [-0.2, 0) is 6.42 Å². The van der Waals surface area contributed by atoms with Crippen LogP contribution < -0.4 is 0 Å². The molecule has 2 fully saturated rings. The topological polar surface area (TPSA) is 23.8 Å². The summed E-state index contributed by atoms with van der Waals surface area (Å²) in [5, 5.41) is 8.60. The van der Waals surface area contributed by atoms with Gasteiger partial charge in [0.25, 0.3) is 0 Å². The fourth-order valence-corrected chi connectivity index (χ4v) is 5.76. The van der Waals surface area contributed by atoms with Gasteiger partial charge in [-0.15, -0.1) is 0 Å². The van der Waals surface area contributed by atoms with E-state index in [1.54, 1.807) is 17.2 Å². The summed E-state index contributed by atoms with van der Waals surface area (Å²) in [6, 6.07) is 11.6. The number of aryl methyl sites for hydroxylation is 1. The molecular formula is C29H41N. The van der Waals surface area contributed by atoms with Gasteiger partial charge >= 0.3 is 0 Å². The fraction of sp³-hybridized carbons (Fsp3) is 0.621. The Balaban J connectivity index is 1.40. The van der Waals surface area contributed by atoms with E-state index in [1.165, 1.54) is 82.6 Å². The molecule has 0 spiro atoms. The molecule has 0 N–H and O–H groups in total. The Kier molecular flexibility index (Phi) is 9.26. The molecule has 1 aromatic rings. The van der Waals surface area contributed by atoms with Crippen LogP contribution in [0.1, 0.15) is 101 Å². The molecule has 2 saturated carbocycles. The number of allylic oxidation sites excluding steroid dienone is 3. The van der Waals surface area contributed by atoms with Crippen molar-refractivity contribution in [3.05, 3.63) is 59.7 Å². The van der Waals surface area contributed by atoms with E-state index in [0.29, 0.717) is 0 Å². The Morgan fingerprint density at radius 1 is 1.00 bits per heavy atom. The van der Waals surface area contributed by atoms with E-state index in [9.17, 15) is 0 Å². The van der Waals surface area contributed by atoms with E-state index in [-0.39, 0.29) is 0 Å². The molecule has 1 aromatic carbocycles. The normalized spacial score (nSPS) is 27.1. The second-order valence-electron chi connectivity index (χ2n) is 9.80. The summed E-state index contributed by atoms with van der Waals surface area (Å²) in [7, 11) is 0. The highest BCUT2D eigenvalue weighted by molar-refractivity contribution is 5.26. The zero-order valence-corrected chi connectivity index (χ0v) is 19.1. The van der Waals surface area contributed by atoms with Crippen LogP contribution in [0.3, 0.4) is 0 Å². The quantitative estimate of drug-likeness (QED) is 0.299. The van der Waals surface area contributed by atoms with E-state index in [4.69, 9.17) is 5.26 Å². The average molecular weight is 404 g/mol. The van der Waals surface area contributed by atoms with Crippen LogP contribution in [0.4, 0.5) is 0 Å². The average Bonchev–Trinajstić information content (AvgIpc) is 2.81. The molecule has 0 heterocycles. The first kappa shape index (κ1) is 22.9. The molecule has 30 heavy (non-hydrogen) atoms. The summed E-state index contributed by atoms with van der Waals surface area (Å²) < 4.78 is 0. The van der Waals surface area contributed by atoms with Gasteiger partial charge in [0.15, 0.2) is 0 Å². The van der Waals surface area contributed by atoms with Crippen LogP contribution in [0.15, 0.2) is 48.6 Å². The lowest BCUT2D eigenvalue weighted by atomic mass is 9.69. The molecule has 0 amide bonds. The van der Waals surface area contributed by atoms with Crippen molar-refractivity contribution in [3.8, 4) is 6.07 Å². The SMILES string of the molecule is C=C([C@H]1CC[C@H](CC/C=C/C#N)CC1)[C@H]1CC[C@H](c2ccc(CCCC)cc2)CC1. The van der Waals surface area contributed by atoms with Crippen molar-refractivity contribution < 1.29 is 0 Å². The molecule has 0 atom stereocenters. The van der Waals surface area contributed by atoms with Crippen LogP contribution in [0.25, 0.3) is 0 Å². The molecule has 162 valence electrons. The molecular weight excluding hydrogens is 362 g/mol. The number of nitriles is 1. The van der Waals surface area contributed by atoms with Gasteiger partial charge in [0.1, 0.15) is 0 Å². The third-order valence-electron chi connectivity index (χ3n) is 7.83. The Bertz CT molecular complexity index is 704. The van der Waals surface area contributed by atoms with Crippen LogP contribution in [-0.4, -0.2) is 0 Å². The van der Waals surface area contributed by atoms with Crippen molar-refractivity contribution in [2.24, 2.45) is 17.8 Å². The first-order valence-corrected chi connectivity index (χ1v) is 12.5. The number of hydrogen-bond acceptors (Lipinski definition) is 1. The Hall–Kier alpha value is -1.81. The van der Waals surface area contributed by atoms with Crippen LogP contribution in [0, 0.1) is 29.1 Å². The summed E-state index contributed by atoms with van der Waals surface area (Å²) in [6.45, 7) is 6.87. The first-order valence-electron chi connectivity index (χ1n) is 12.5. The monoisotopic (exact) mass is 403 g/mol. The number of nitrogens with zero attached hydrogens (tertiary/aromatic N) is 1. The maximum absolute atomic E-state index is 8.60. The highest BCUT2D eigenvalue weighted by Crippen LogP contribution is 2.44. The molecule has 0 saturated heterocycles. The second-order valence-corrected chi connectivity index (χ2v) is 9.80. The lowest BCUT2D eigenvalue weighted by molar-refractivity contribution is 0.260. The van der Waals surface area contributed by atoms with E-state index in [0.717, 1.165) is 30.1 Å². The predicted molar refractivity (Wildman–Crippen MR) is 128 cm³/mol. The third kappa shape index (κ3) is 6.60. The van der Waals surface area contributed by atoms with Gasteiger partial charge in [0.05, 0.1) is 6.07 Å². The molecule has 3 rings (SSSR count). The molecule has 2 aliphatic carbocycles. The minimum absolute atomic E-state index is 0.755. The predicted octanol–water partition coefficient (Wildman–Crippen LogP) is 8.53. The Labute approximate surface area is 185 Å². The van der Waals surface area contributed by atoms with Gasteiger partial charge in [0, 0.05) is 6.08 Å².